The lowest BCUT2D eigenvalue weighted by molar-refractivity contribution is -0.0569. The topological polar surface area (TPSA) is 86.0 Å². The smallest absolute Gasteiger partial charge is 0.256 e. The number of amides is 1. The number of aromatic nitrogens is 5. The number of nitrogens with zero attached hydrogens (tertiary/aromatic N) is 6. The molecule has 1 saturated heterocycles. The largest absolute Gasteiger partial charge is 0.377 e. The van der Waals surface area contributed by atoms with Crippen LogP contribution in [0.3, 0.4) is 0 Å². The van der Waals surface area contributed by atoms with Gasteiger partial charge in [-0.2, -0.15) is 0 Å². The number of carbonyl (C=O) groups is 1. The van der Waals surface area contributed by atoms with Crippen molar-refractivity contribution in [2.24, 2.45) is 0 Å². The molecule has 2 aromatic heterocycles. The average Bonchev–Trinajstić information content (AvgIpc) is 3.15. The summed E-state index contributed by atoms with van der Waals surface area (Å²) in [4.78, 5) is 23.3. The molecule has 2 aliphatic rings. The Morgan fingerprint density at radius 3 is 2.83 bits per heavy atom. The number of hydrogen-bond donors (Lipinski definition) is 0. The molecule has 2 bridgehead atoms. The third kappa shape index (κ3) is 2.88. The number of carbonyl (C=O) groups excluding carboxylic acids is 1. The van der Waals surface area contributed by atoms with Gasteiger partial charge in [-0.1, -0.05) is 23.2 Å². The Labute approximate surface area is 174 Å². The molecule has 29 heavy (non-hydrogen) atoms. The molecule has 8 nitrogen and oxygen atoms in total. The summed E-state index contributed by atoms with van der Waals surface area (Å²) in [6, 6.07) is 1.73. The molecule has 2 unspecified atom stereocenters. The van der Waals surface area contributed by atoms with E-state index in [1.807, 2.05) is 4.57 Å². The maximum absolute atomic E-state index is 13.7. The third-order valence-corrected chi connectivity index (χ3v) is 5.94. The summed E-state index contributed by atoms with van der Waals surface area (Å²) in [5.74, 6) is 0.133. The summed E-state index contributed by atoms with van der Waals surface area (Å²) >= 11 is 12.1. The van der Waals surface area contributed by atoms with Crippen molar-refractivity contribution in [3.05, 3.63) is 58.0 Å². The van der Waals surface area contributed by atoms with Crippen LogP contribution < -0.4 is 0 Å². The highest BCUT2D eigenvalue weighted by Crippen LogP contribution is 2.37. The van der Waals surface area contributed by atoms with Gasteiger partial charge in [-0.15, -0.1) is 10.2 Å². The number of hydrogen-bond acceptors (Lipinski definition) is 6. The highest BCUT2D eigenvalue weighted by molar-refractivity contribution is 6.44. The number of ether oxygens (including phenoxy) is 1. The van der Waals surface area contributed by atoms with Crippen molar-refractivity contribution in [2.75, 3.05) is 13.2 Å². The van der Waals surface area contributed by atoms with Crippen LogP contribution in [0.5, 0.6) is 0 Å². The predicted octanol–water partition coefficient (Wildman–Crippen LogP) is 2.78. The van der Waals surface area contributed by atoms with E-state index in [-0.39, 0.29) is 34.2 Å². The molecule has 5 rings (SSSR count). The molecule has 11 heteroatoms. The fraction of sp³-hybridized carbons (Fsp3) is 0.278. The lowest BCUT2D eigenvalue weighted by Crippen LogP contribution is -2.56. The van der Waals surface area contributed by atoms with Gasteiger partial charge in [0.15, 0.2) is 11.6 Å². The van der Waals surface area contributed by atoms with Crippen LogP contribution in [0.25, 0.3) is 11.5 Å². The first kappa shape index (κ1) is 18.4. The molecule has 3 aromatic rings. The van der Waals surface area contributed by atoms with Crippen LogP contribution in [-0.4, -0.2) is 54.8 Å². The Morgan fingerprint density at radius 1 is 1.17 bits per heavy atom. The standard InChI is InChI=1S/C18H13Cl2FN6O2/c19-14-10(1-2-11(21)15(14)20)18(28)27-9-6-26-16(12-5-22-3-4-23-12)24-25-17(26)13(27)8-29-7-9/h1-5,9,13H,6-8H2. The van der Waals surface area contributed by atoms with E-state index >= 15 is 0 Å². The molecular formula is C18H13Cl2FN6O2. The SMILES string of the molecule is O=C(c1ccc(F)c(Cl)c1Cl)N1C2COCC1c1nnc(-c3cnccn3)n1C2. The van der Waals surface area contributed by atoms with Crippen LogP contribution in [0.2, 0.25) is 10.0 Å². The minimum Gasteiger partial charge on any atom is -0.377 e. The minimum atomic E-state index is -0.677. The van der Waals surface area contributed by atoms with Gasteiger partial charge < -0.3 is 14.2 Å². The molecule has 2 aliphatic heterocycles. The zero-order chi connectivity index (χ0) is 20.1. The van der Waals surface area contributed by atoms with Gasteiger partial charge in [0.2, 0.25) is 0 Å². The lowest BCUT2D eigenvalue weighted by Gasteiger charge is -2.45. The number of rotatable bonds is 2. The van der Waals surface area contributed by atoms with Gasteiger partial charge in [-0.25, -0.2) is 9.37 Å². The Morgan fingerprint density at radius 2 is 2.03 bits per heavy atom. The Bertz CT molecular complexity index is 1110. The van der Waals surface area contributed by atoms with E-state index in [0.717, 1.165) is 6.07 Å². The number of morpholine rings is 1. The van der Waals surface area contributed by atoms with E-state index in [1.165, 1.54) is 6.07 Å². The fourth-order valence-electron chi connectivity index (χ4n) is 3.76. The van der Waals surface area contributed by atoms with Crippen molar-refractivity contribution in [1.29, 1.82) is 0 Å². The average molecular weight is 435 g/mol. The van der Waals surface area contributed by atoms with Gasteiger partial charge in [0.25, 0.3) is 5.91 Å². The Hall–Kier alpha value is -2.62. The zero-order valence-corrected chi connectivity index (χ0v) is 16.3. The van der Waals surface area contributed by atoms with Crippen molar-refractivity contribution in [1.82, 2.24) is 29.6 Å². The highest BCUT2D eigenvalue weighted by atomic mass is 35.5. The monoisotopic (exact) mass is 434 g/mol. The second kappa shape index (κ2) is 7.01. The van der Waals surface area contributed by atoms with Gasteiger partial charge in [-0.3, -0.25) is 9.78 Å². The lowest BCUT2D eigenvalue weighted by atomic mass is 10.0. The summed E-state index contributed by atoms with van der Waals surface area (Å²) in [7, 11) is 0. The van der Waals surface area contributed by atoms with Gasteiger partial charge in [0.05, 0.1) is 41.1 Å². The quantitative estimate of drug-likeness (QED) is 0.576. The van der Waals surface area contributed by atoms with Gasteiger partial charge in [0.1, 0.15) is 17.6 Å². The number of benzene rings is 1. The van der Waals surface area contributed by atoms with E-state index in [4.69, 9.17) is 27.9 Å². The van der Waals surface area contributed by atoms with Crippen molar-refractivity contribution in [3.8, 4) is 11.5 Å². The molecule has 1 amide bonds. The van der Waals surface area contributed by atoms with Crippen LogP contribution in [0, 0.1) is 5.82 Å². The molecule has 1 aromatic carbocycles. The van der Waals surface area contributed by atoms with E-state index in [9.17, 15) is 9.18 Å². The third-order valence-electron chi connectivity index (χ3n) is 5.08. The summed E-state index contributed by atoms with van der Waals surface area (Å²) in [5, 5.41) is 8.16. The van der Waals surface area contributed by atoms with Crippen LogP contribution in [0.4, 0.5) is 4.39 Å². The predicted molar refractivity (Wildman–Crippen MR) is 101 cm³/mol. The summed E-state index contributed by atoms with van der Waals surface area (Å²) in [6.07, 6.45) is 4.78. The Kier molecular flexibility index (Phi) is 4.45. The molecule has 1 fully saturated rings. The highest BCUT2D eigenvalue weighted by Gasteiger charge is 2.44. The van der Waals surface area contributed by atoms with E-state index < -0.39 is 11.9 Å². The van der Waals surface area contributed by atoms with Crippen LogP contribution >= 0.6 is 23.2 Å². The van der Waals surface area contributed by atoms with E-state index in [0.29, 0.717) is 30.5 Å². The summed E-state index contributed by atoms with van der Waals surface area (Å²) in [6.45, 7) is 1.02. The molecule has 4 heterocycles. The second-order valence-corrected chi connectivity index (χ2v) is 7.48. The summed E-state index contributed by atoms with van der Waals surface area (Å²) in [5.41, 5.74) is 0.732. The normalized spacial score (nSPS) is 20.4. The first-order valence-electron chi connectivity index (χ1n) is 8.79. The zero-order valence-electron chi connectivity index (χ0n) is 14.8. The first-order chi connectivity index (χ1) is 14.1. The number of halogens is 3. The van der Waals surface area contributed by atoms with E-state index in [2.05, 4.69) is 20.2 Å². The molecule has 0 radical (unpaired) electrons. The van der Waals surface area contributed by atoms with Crippen LogP contribution in [-0.2, 0) is 11.3 Å². The van der Waals surface area contributed by atoms with Crippen LogP contribution in [0.15, 0.2) is 30.7 Å². The second-order valence-electron chi connectivity index (χ2n) is 6.73. The molecule has 0 aliphatic carbocycles. The molecular weight excluding hydrogens is 422 g/mol. The first-order valence-corrected chi connectivity index (χ1v) is 9.55. The fourth-order valence-corrected chi connectivity index (χ4v) is 4.16. The van der Waals surface area contributed by atoms with Crippen LogP contribution in [0.1, 0.15) is 22.2 Å². The van der Waals surface area contributed by atoms with Crippen molar-refractivity contribution in [2.45, 2.75) is 18.6 Å². The maximum Gasteiger partial charge on any atom is 0.256 e. The van der Waals surface area contributed by atoms with Gasteiger partial charge in [0, 0.05) is 18.9 Å². The van der Waals surface area contributed by atoms with Crippen molar-refractivity contribution in [3.63, 3.8) is 0 Å². The van der Waals surface area contributed by atoms with Crippen molar-refractivity contribution >= 4 is 29.1 Å². The van der Waals surface area contributed by atoms with Crippen molar-refractivity contribution < 1.29 is 13.9 Å². The molecule has 0 spiro atoms. The van der Waals surface area contributed by atoms with Gasteiger partial charge >= 0.3 is 0 Å². The summed E-state index contributed by atoms with van der Waals surface area (Å²) < 4.78 is 21.3. The maximum atomic E-state index is 13.7. The Balaban J connectivity index is 1.56. The van der Waals surface area contributed by atoms with Gasteiger partial charge in [-0.05, 0) is 12.1 Å². The minimum absolute atomic E-state index is 0.108. The molecule has 0 saturated carbocycles. The molecule has 0 N–H and O–H groups in total. The molecule has 148 valence electrons. The number of fused-ring (bicyclic) bond motifs is 4. The molecule has 2 atom stereocenters. The van der Waals surface area contributed by atoms with E-state index in [1.54, 1.807) is 23.5 Å².